The first-order valence-corrected chi connectivity index (χ1v) is 13.0. The number of aliphatic hydroxyl groups excluding tert-OH is 2. The summed E-state index contributed by atoms with van der Waals surface area (Å²) in [6, 6.07) is 10.7. The minimum atomic E-state index is -0.409. The van der Waals surface area contributed by atoms with E-state index in [1.165, 1.54) is 16.7 Å². The van der Waals surface area contributed by atoms with Crippen LogP contribution in [0.4, 0.5) is 0 Å². The van der Waals surface area contributed by atoms with Crippen LogP contribution in [0.3, 0.4) is 0 Å². The third kappa shape index (κ3) is 4.71. The van der Waals surface area contributed by atoms with Crippen molar-refractivity contribution in [2.45, 2.75) is 89.0 Å². The SMILES string of the molecule is CC1=C(c2ccccc2)C(CC(O)C2CCC(C(=O)N[C@H]3CC[C@H](O)CC3)CC2)n2cncc21. The molecule has 2 aromatic rings. The lowest BCUT2D eigenvalue weighted by Crippen LogP contribution is -2.43. The average Bonchev–Trinajstić information content (AvgIpc) is 3.44. The van der Waals surface area contributed by atoms with Gasteiger partial charge in [-0.1, -0.05) is 30.3 Å². The Morgan fingerprint density at radius 2 is 1.79 bits per heavy atom. The number of aromatic nitrogens is 2. The topological polar surface area (TPSA) is 87.4 Å². The van der Waals surface area contributed by atoms with Crippen LogP contribution in [0.25, 0.3) is 11.1 Å². The number of nitrogens with one attached hydrogen (secondary N) is 1. The molecule has 2 unspecified atom stereocenters. The monoisotopic (exact) mass is 463 g/mol. The van der Waals surface area contributed by atoms with E-state index in [-0.39, 0.29) is 35.9 Å². The Labute approximate surface area is 202 Å². The van der Waals surface area contributed by atoms with E-state index in [1.54, 1.807) is 0 Å². The Hall–Kier alpha value is -2.44. The second-order valence-electron chi connectivity index (χ2n) is 10.5. The van der Waals surface area contributed by atoms with Crippen LogP contribution in [-0.2, 0) is 4.79 Å². The zero-order chi connectivity index (χ0) is 23.7. The lowest BCUT2D eigenvalue weighted by molar-refractivity contribution is -0.127. The lowest BCUT2D eigenvalue weighted by atomic mass is 9.77. The number of amides is 1. The molecule has 0 bridgehead atoms. The number of carbonyl (C=O) groups is 1. The van der Waals surface area contributed by atoms with Crippen molar-refractivity contribution in [3.8, 4) is 0 Å². The molecule has 1 aromatic carbocycles. The fourth-order valence-electron chi connectivity index (χ4n) is 6.36. The number of carbonyl (C=O) groups excluding carboxylic acids is 1. The van der Waals surface area contributed by atoms with Crippen LogP contribution in [0.5, 0.6) is 0 Å². The second-order valence-corrected chi connectivity index (χ2v) is 10.5. The lowest BCUT2D eigenvalue weighted by Gasteiger charge is -2.34. The largest absolute Gasteiger partial charge is 0.393 e. The summed E-state index contributed by atoms with van der Waals surface area (Å²) in [4.78, 5) is 17.2. The maximum atomic E-state index is 12.8. The van der Waals surface area contributed by atoms with Gasteiger partial charge in [0.2, 0.25) is 5.91 Å². The molecule has 2 aliphatic carbocycles. The number of allylic oxidation sites excluding steroid dienone is 2. The molecule has 0 spiro atoms. The molecule has 1 aromatic heterocycles. The van der Waals surface area contributed by atoms with E-state index in [4.69, 9.17) is 0 Å². The predicted molar refractivity (Wildman–Crippen MR) is 133 cm³/mol. The highest BCUT2D eigenvalue weighted by atomic mass is 16.3. The summed E-state index contributed by atoms with van der Waals surface area (Å²) in [7, 11) is 0. The van der Waals surface area contributed by atoms with Gasteiger partial charge in [0.1, 0.15) is 0 Å². The number of nitrogens with zero attached hydrogens (tertiary/aromatic N) is 2. The van der Waals surface area contributed by atoms with Gasteiger partial charge in [-0.2, -0.15) is 0 Å². The van der Waals surface area contributed by atoms with Gasteiger partial charge in [0.25, 0.3) is 0 Å². The quantitative estimate of drug-likeness (QED) is 0.595. The number of aliphatic hydroxyl groups is 2. The van der Waals surface area contributed by atoms with Crippen LogP contribution in [0.15, 0.2) is 42.9 Å². The van der Waals surface area contributed by atoms with E-state index < -0.39 is 6.10 Å². The van der Waals surface area contributed by atoms with Crippen LogP contribution < -0.4 is 5.32 Å². The normalized spacial score (nSPS) is 30.1. The Morgan fingerprint density at radius 3 is 2.50 bits per heavy atom. The Balaban J connectivity index is 1.19. The molecule has 1 amide bonds. The summed E-state index contributed by atoms with van der Waals surface area (Å²) in [5.41, 5.74) is 4.85. The van der Waals surface area contributed by atoms with E-state index in [0.717, 1.165) is 57.1 Å². The van der Waals surface area contributed by atoms with Crippen molar-refractivity contribution in [1.82, 2.24) is 14.9 Å². The predicted octanol–water partition coefficient (Wildman–Crippen LogP) is 4.35. The molecule has 1 aliphatic heterocycles. The number of fused-ring (bicyclic) bond motifs is 1. The fraction of sp³-hybridized carbons (Fsp3) is 0.571. The molecule has 0 saturated heterocycles. The summed E-state index contributed by atoms with van der Waals surface area (Å²) in [6.07, 6.45) is 10.6. The molecule has 182 valence electrons. The van der Waals surface area contributed by atoms with Crippen molar-refractivity contribution < 1.29 is 15.0 Å². The number of benzene rings is 1. The summed E-state index contributed by atoms with van der Waals surface area (Å²) in [5.74, 6) is 0.431. The van der Waals surface area contributed by atoms with E-state index in [1.807, 2.05) is 18.6 Å². The van der Waals surface area contributed by atoms with Gasteiger partial charge in [-0.25, -0.2) is 4.98 Å². The summed E-state index contributed by atoms with van der Waals surface area (Å²) in [6.45, 7) is 2.15. The highest BCUT2D eigenvalue weighted by Crippen LogP contribution is 2.45. The van der Waals surface area contributed by atoms with E-state index in [2.05, 4.69) is 46.1 Å². The van der Waals surface area contributed by atoms with Crippen LogP contribution >= 0.6 is 0 Å². The molecule has 6 nitrogen and oxygen atoms in total. The van der Waals surface area contributed by atoms with Gasteiger partial charge < -0.3 is 20.1 Å². The van der Waals surface area contributed by atoms with Crippen molar-refractivity contribution in [2.75, 3.05) is 0 Å². The number of hydrogen-bond donors (Lipinski definition) is 3. The van der Waals surface area contributed by atoms with Crippen molar-refractivity contribution >= 4 is 17.1 Å². The van der Waals surface area contributed by atoms with Gasteiger partial charge >= 0.3 is 0 Å². The van der Waals surface area contributed by atoms with Crippen LogP contribution in [0, 0.1) is 11.8 Å². The van der Waals surface area contributed by atoms with E-state index in [9.17, 15) is 15.0 Å². The molecule has 34 heavy (non-hydrogen) atoms. The maximum absolute atomic E-state index is 12.8. The Kier molecular flexibility index (Phi) is 6.89. The van der Waals surface area contributed by atoms with Crippen LogP contribution in [0.2, 0.25) is 0 Å². The Morgan fingerprint density at radius 1 is 1.09 bits per heavy atom. The maximum Gasteiger partial charge on any atom is 0.223 e. The minimum Gasteiger partial charge on any atom is -0.393 e. The zero-order valence-electron chi connectivity index (χ0n) is 20.1. The van der Waals surface area contributed by atoms with Crippen molar-refractivity contribution in [2.24, 2.45) is 11.8 Å². The van der Waals surface area contributed by atoms with Gasteiger partial charge in [0.15, 0.2) is 0 Å². The summed E-state index contributed by atoms with van der Waals surface area (Å²) >= 11 is 0. The van der Waals surface area contributed by atoms with Gasteiger partial charge in [0.05, 0.1) is 36.5 Å². The Bertz CT molecular complexity index is 1010. The molecule has 5 rings (SSSR count). The van der Waals surface area contributed by atoms with Crippen molar-refractivity contribution in [1.29, 1.82) is 0 Å². The number of rotatable bonds is 6. The van der Waals surface area contributed by atoms with Gasteiger partial charge in [-0.05, 0) is 87.3 Å². The first-order chi connectivity index (χ1) is 16.5. The number of hydrogen-bond acceptors (Lipinski definition) is 4. The smallest absolute Gasteiger partial charge is 0.223 e. The zero-order valence-corrected chi connectivity index (χ0v) is 20.1. The van der Waals surface area contributed by atoms with Crippen molar-refractivity contribution in [3.63, 3.8) is 0 Å². The van der Waals surface area contributed by atoms with Gasteiger partial charge in [-0.3, -0.25) is 4.79 Å². The van der Waals surface area contributed by atoms with E-state index >= 15 is 0 Å². The molecular formula is C28H37N3O3. The summed E-state index contributed by atoms with van der Waals surface area (Å²) in [5, 5.41) is 24.2. The summed E-state index contributed by atoms with van der Waals surface area (Å²) < 4.78 is 2.21. The molecule has 3 N–H and O–H groups in total. The second kappa shape index (κ2) is 10.0. The highest BCUT2D eigenvalue weighted by molar-refractivity contribution is 5.93. The molecule has 2 heterocycles. The molecule has 0 radical (unpaired) electrons. The first-order valence-electron chi connectivity index (χ1n) is 13.0. The molecule has 2 atom stereocenters. The molecule has 3 aliphatic rings. The van der Waals surface area contributed by atoms with Crippen molar-refractivity contribution in [3.05, 3.63) is 54.1 Å². The van der Waals surface area contributed by atoms with Gasteiger partial charge in [-0.15, -0.1) is 0 Å². The average molecular weight is 464 g/mol. The van der Waals surface area contributed by atoms with Crippen LogP contribution in [-0.4, -0.2) is 43.9 Å². The first kappa shape index (κ1) is 23.3. The third-order valence-corrected chi connectivity index (χ3v) is 8.40. The number of imidazole rings is 1. The van der Waals surface area contributed by atoms with Gasteiger partial charge in [0, 0.05) is 12.0 Å². The van der Waals surface area contributed by atoms with E-state index in [0.29, 0.717) is 6.42 Å². The van der Waals surface area contributed by atoms with Crippen LogP contribution in [0.1, 0.15) is 82.0 Å². The molecular weight excluding hydrogens is 426 g/mol. The molecule has 2 fully saturated rings. The standard InChI is InChI=1S/C28H37N3O3/c1-18-25-16-29-17-31(25)24(27(18)20-5-3-2-4-6-20)15-26(33)19-7-9-21(10-8-19)28(34)30-22-11-13-23(32)14-12-22/h2-6,16-17,19,21-24,26,32-33H,7-15H2,1H3,(H,30,34)/t19?,21?,22-,23-,24?,26?. The third-order valence-electron chi connectivity index (χ3n) is 8.40. The fourth-order valence-corrected chi connectivity index (χ4v) is 6.36. The molecule has 6 heteroatoms. The minimum absolute atomic E-state index is 0.0454. The highest BCUT2D eigenvalue weighted by Gasteiger charge is 2.36. The molecule has 2 saturated carbocycles.